The van der Waals surface area contributed by atoms with Crippen LogP contribution in [0, 0.1) is 22.2 Å². The molecule has 2 saturated carbocycles. The largest absolute Gasteiger partial charge is 0.481 e. The number of hydrogen-bond acceptors (Lipinski definition) is 3. The predicted molar refractivity (Wildman–Crippen MR) is 72.3 cm³/mol. The molecule has 0 aromatic carbocycles. The van der Waals surface area contributed by atoms with E-state index in [1.165, 1.54) is 0 Å². The highest BCUT2D eigenvalue weighted by molar-refractivity contribution is 5.77. The Bertz CT molecular complexity index is 483. The lowest BCUT2D eigenvalue weighted by Gasteiger charge is -2.53. The van der Waals surface area contributed by atoms with Gasteiger partial charge in [0, 0.05) is 11.3 Å². The third-order valence-corrected chi connectivity index (χ3v) is 6.65. The molecular weight excluding hydrogens is 256 g/mol. The molecule has 6 atom stereocenters. The lowest BCUT2D eigenvalue weighted by Crippen LogP contribution is -2.59. The summed E-state index contributed by atoms with van der Waals surface area (Å²) in [6.07, 6.45) is 3.52. The Morgan fingerprint density at radius 2 is 1.80 bits per heavy atom. The molecule has 0 amide bonds. The van der Waals surface area contributed by atoms with E-state index in [-0.39, 0.29) is 35.1 Å². The SMILES string of the molecule is CC1(C)CC(C(=O)O)(C2CCC3OC32)C(C)(C)C2OC21. The molecule has 2 heterocycles. The van der Waals surface area contributed by atoms with Gasteiger partial charge in [0.05, 0.1) is 29.8 Å². The van der Waals surface area contributed by atoms with Gasteiger partial charge in [-0.25, -0.2) is 0 Å². The summed E-state index contributed by atoms with van der Waals surface area (Å²) in [6, 6.07) is 0. The Kier molecular flexibility index (Phi) is 2.23. The van der Waals surface area contributed by atoms with Crippen molar-refractivity contribution in [1.82, 2.24) is 0 Å². The normalized spacial score (nSPS) is 53.9. The van der Waals surface area contributed by atoms with Crippen LogP contribution in [-0.4, -0.2) is 35.5 Å². The molecule has 0 aromatic heterocycles. The van der Waals surface area contributed by atoms with Crippen LogP contribution >= 0.6 is 0 Å². The van der Waals surface area contributed by atoms with Crippen LogP contribution in [0.4, 0.5) is 0 Å². The maximum absolute atomic E-state index is 12.4. The van der Waals surface area contributed by atoms with E-state index in [9.17, 15) is 9.90 Å². The van der Waals surface area contributed by atoms with E-state index in [2.05, 4.69) is 27.7 Å². The second-order valence-corrected chi connectivity index (χ2v) is 8.46. The van der Waals surface area contributed by atoms with Gasteiger partial charge in [0.25, 0.3) is 0 Å². The summed E-state index contributed by atoms with van der Waals surface area (Å²) in [6.45, 7) is 8.50. The second-order valence-electron chi connectivity index (χ2n) is 8.46. The van der Waals surface area contributed by atoms with Crippen molar-refractivity contribution in [3.8, 4) is 0 Å². The predicted octanol–water partition coefficient (Wildman–Crippen LogP) is 2.46. The van der Waals surface area contributed by atoms with Crippen molar-refractivity contribution in [2.45, 2.75) is 71.4 Å². The van der Waals surface area contributed by atoms with E-state index >= 15 is 0 Å². The van der Waals surface area contributed by atoms with Crippen LogP contribution < -0.4 is 0 Å². The van der Waals surface area contributed by atoms with E-state index in [1.54, 1.807) is 0 Å². The average molecular weight is 280 g/mol. The number of epoxide rings is 2. The topological polar surface area (TPSA) is 62.4 Å². The van der Waals surface area contributed by atoms with Gasteiger partial charge in [-0.1, -0.05) is 27.7 Å². The third-order valence-electron chi connectivity index (χ3n) is 6.65. The zero-order chi connectivity index (χ0) is 14.5. The molecule has 0 aromatic rings. The van der Waals surface area contributed by atoms with Crippen LogP contribution in [0.3, 0.4) is 0 Å². The van der Waals surface area contributed by atoms with Crippen LogP contribution in [-0.2, 0) is 14.3 Å². The number of carboxylic acids is 1. The van der Waals surface area contributed by atoms with Gasteiger partial charge in [0.15, 0.2) is 0 Å². The highest BCUT2D eigenvalue weighted by Gasteiger charge is 2.76. The summed E-state index contributed by atoms with van der Waals surface area (Å²) in [5.74, 6) is -0.505. The molecule has 4 rings (SSSR count). The minimum absolute atomic E-state index is 0.0639. The molecule has 6 unspecified atom stereocenters. The number of hydrogen-bond donors (Lipinski definition) is 1. The molecule has 4 fully saturated rings. The van der Waals surface area contributed by atoms with E-state index in [1.807, 2.05) is 0 Å². The van der Waals surface area contributed by atoms with Crippen molar-refractivity contribution >= 4 is 5.97 Å². The van der Waals surface area contributed by atoms with Crippen LogP contribution in [0.2, 0.25) is 0 Å². The fourth-order valence-corrected chi connectivity index (χ4v) is 5.45. The first-order chi connectivity index (χ1) is 9.22. The molecule has 112 valence electrons. The maximum Gasteiger partial charge on any atom is 0.310 e. The molecule has 0 bridgehead atoms. The summed E-state index contributed by atoms with van der Waals surface area (Å²) < 4.78 is 11.6. The van der Waals surface area contributed by atoms with Gasteiger partial charge >= 0.3 is 5.97 Å². The van der Waals surface area contributed by atoms with Crippen molar-refractivity contribution in [2.24, 2.45) is 22.2 Å². The Morgan fingerprint density at radius 3 is 2.30 bits per heavy atom. The third kappa shape index (κ3) is 1.32. The van der Waals surface area contributed by atoms with E-state index < -0.39 is 11.4 Å². The van der Waals surface area contributed by atoms with Crippen molar-refractivity contribution in [3.05, 3.63) is 0 Å². The monoisotopic (exact) mass is 280 g/mol. The highest BCUT2D eigenvalue weighted by Crippen LogP contribution is 2.70. The minimum Gasteiger partial charge on any atom is -0.481 e. The molecule has 0 radical (unpaired) electrons. The van der Waals surface area contributed by atoms with Crippen molar-refractivity contribution in [3.63, 3.8) is 0 Å². The summed E-state index contributed by atoms with van der Waals surface area (Å²) >= 11 is 0. The van der Waals surface area contributed by atoms with E-state index in [0.717, 1.165) is 12.8 Å². The lowest BCUT2D eigenvalue weighted by atomic mass is 9.47. The molecule has 4 aliphatic rings. The molecule has 2 saturated heterocycles. The molecule has 4 nitrogen and oxygen atoms in total. The van der Waals surface area contributed by atoms with E-state index in [0.29, 0.717) is 12.5 Å². The van der Waals surface area contributed by atoms with Crippen molar-refractivity contribution in [1.29, 1.82) is 0 Å². The maximum atomic E-state index is 12.4. The Balaban J connectivity index is 1.82. The van der Waals surface area contributed by atoms with Crippen LogP contribution in [0.5, 0.6) is 0 Å². The smallest absolute Gasteiger partial charge is 0.310 e. The minimum atomic E-state index is -0.718. The first-order valence-corrected chi connectivity index (χ1v) is 7.76. The van der Waals surface area contributed by atoms with Gasteiger partial charge in [0.2, 0.25) is 0 Å². The zero-order valence-corrected chi connectivity index (χ0v) is 12.7. The van der Waals surface area contributed by atoms with Crippen molar-refractivity contribution < 1.29 is 19.4 Å². The quantitative estimate of drug-likeness (QED) is 0.789. The first kappa shape index (κ1) is 13.1. The fourth-order valence-electron chi connectivity index (χ4n) is 5.45. The lowest BCUT2D eigenvalue weighted by molar-refractivity contribution is -0.174. The highest BCUT2D eigenvalue weighted by atomic mass is 16.6. The van der Waals surface area contributed by atoms with Gasteiger partial charge in [-0.3, -0.25) is 4.79 Å². The van der Waals surface area contributed by atoms with Crippen LogP contribution in [0.1, 0.15) is 47.0 Å². The molecule has 1 N–H and O–H groups in total. The number of rotatable bonds is 2. The van der Waals surface area contributed by atoms with E-state index in [4.69, 9.17) is 9.47 Å². The fraction of sp³-hybridized carbons (Fsp3) is 0.938. The number of carbonyl (C=O) groups is 1. The van der Waals surface area contributed by atoms with Crippen LogP contribution in [0.25, 0.3) is 0 Å². The summed E-state index contributed by atoms with van der Waals surface area (Å²) in [5, 5.41) is 10.2. The van der Waals surface area contributed by atoms with Crippen molar-refractivity contribution in [2.75, 3.05) is 0 Å². The summed E-state index contributed by atoms with van der Waals surface area (Å²) in [7, 11) is 0. The first-order valence-electron chi connectivity index (χ1n) is 7.76. The van der Waals surface area contributed by atoms with Gasteiger partial charge in [-0.05, 0) is 24.7 Å². The molecule has 2 aliphatic carbocycles. The Hall–Kier alpha value is -0.610. The Labute approximate surface area is 119 Å². The van der Waals surface area contributed by atoms with Gasteiger partial charge in [-0.15, -0.1) is 0 Å². The van der Waals surface area contributed by atoms with Gasteiger partial charge in [-0.2, -0.15) is 0 Å². The zero-order valence-electron chi connectivity index (χ0n) is 12.7. The summed E-state index contributed by atoms with van der Waals surface area (Å²) in [4.78, 5) is 12.4. The van der Waals surface area contributed by atoms with Crippen LogP contribution in [0.15, 0.2) is 0 Å². The summed E-state index contributed by atoms with van der Waals surface area (Å²) in [5.41, 5.74) is -1.11. The van der Waals surface area contributed by atoms with Gasteiger partial charge < -0.3 is 14.6 Å². The van der Waals surface area contributed by atoms with Gasteiger partial charge in [0.1, 0.15) is 0 Å². The number of ether oxygens (including phenoxy) is 2. The molecule has 0 spiro atoms. The molecular formula is C16H24O4. The Morgan fingerprint density at radius 1 is 1.10 bits per heavy atom. The second kappa shape index (κ2) is 3.41. The number of fused-ring (bicyclic) bond motifs is 2. The molecule has 4 heteroatoms. The molecule has 2 aliphatic heterocycles. The number of aliphatic carboxylic acids is 1. The average Bonchev–Trinajstić information content (AvgIpc) is 3.21. The molecule has 20 heavy (non-hydrogen) atoms. The standard InChI is InChI=1S/C16H24O4/c1-14(2)7-16(13(17)18,8-5-6-9-10(8)19-9)15(3,4)12-11(14)20-12/h8-12H,5-7H2,1-4H3,(H,17,18). The number of carboxylic acid groups (broad SMARTS) is 1.